The van der Waals surface area contributed by atoms with Crippen LogP contribution in [0.5, 0.6) is 0 Å². The zero-order valence-electron chi connectivity index (χ0n) is 13.7. The van der Waals surface area contributed by atoms with Crippen molar-refractivity contribution in [2.24, 2.45) is 5.73 Å². The van der Waals surface area contributed by atoms with Crippen molar-refractivity contribution in [3.05, 3.63) is 69.7 Å². The third-order valence-corrected chi connectivity index (χ3v) is 4.63. The molecule has 25 heavy (non-hydrogen) atoms. The second-order valence-corrected chi connectivity index (χ2v) is 6.65. The first-order valence-electron chi connectivity index (χ1n) is 8.06. The number of carbonyl (C=O) groups is 2. The first-order valence-corrected chi connectivity index (χ1v) is 8.85. The zero-order chi connectivity index (χ0) is 18.2. The van der Waals surface area contributed by atoms with Crippen LogP contribution in [0.25, 0.3) is 0 Å². The van der Waals surface area contributed by atoms with Crippen molar-refractivity contribution < 1.29 is 14.7 Å². The maximum atomic E-state index is 12.1. The van der Waals surface area contributed by atoms with Crippen molar-refractivity contribution in [1.82, 2.24) is 5.32 Å². The van der Waals surface area contributed by atoms with Crippen LogP contribution in [-0.2, 0) is 17.6 Å². The lowest BCUT2D eigenvalue weighted by atomic mass is 10.0. The highest BCUT2D eigenvalue weighted by Crippen LogP contribution is 2.17. The van der Waals surface area contributed by atoms with Crippen molar-refractivity contribution in [3.8, 4) is 0 Å². The predicted molar refractivity (Wildman–Crippen MR) is 101 cm³/mol. The molecule has 0 aliphatic rings. The Kier molecular flexibility index (Phi) is 7.16. The van der Waals surface area contributed by atoms with Gasteiger partial charge < -0.3 is 16.2 Å². The van der Waals surface area contributed by atoms with Crippen LogP contribution in [0.1, 0.15) is 27.9 Å². The van der Waals surface area contributed by atoms with Crippen LogP contribution >= 0.6 is 15.9 Å². The summed E-state index contributed by atoms with van der Waals surface area (Å²) < 4.78 is 1.08. The molecule has 0 unspecified atom stereocenters. The lowest BCUT2D eigenvalue weighted by molar-refractivity contribution is -0.138. The minimum atomic E-state index is -1.04. The van der Waals surface area contributed by atoms with Gasteiger partial charge in [-0.1, -0.05) is 46.3 Å². The van der Waals surface area contributed by atoms with Gasteiger partial charge in [0.05, 0.1) is 0 Å². The molecule has 0 aromatic heterocycles. The monoisotopic (exact) mass is 404 g/mol. The normalized spacial score (nSPS) is 11.8. The maximum absolute atomic E-state index is 12.1. The Morgan fingerprint density at radius 1 is 1.12 bits per heavy atom. The number of carboxylic acids is 1. The number of aryl methyl sites for hydroxylation is 1. The molecule has 0 saturated heterocycles. The van der Waals surface area contributed by atoms with Crippen LogP contribution in [-0.4, -0.2) is 29.6 Å². The van der Waals surface area contributed by atoms with Gasteiger partial charge in [0.25, 0.3) is 5.91 Å². The van der Waals surface area contributed by atoms with Crippen molar-refractivity contribution in [2.75, 3.05) is 6.54 Å². The molecule has 0 radical (unpaired) electrons. The van der Waals surface area contributed by atoms with Gasteiger partial charge in [0.15, 0.2) is 0 Å². The van der Waals surface area contributed by atoms with E-state index in [1.165, 1.54) is 5.56 Å². The number of hydrogen-bond donors (Lipinski definition) is 3. The topological polar surface area (TPSA) is 92.4 Å². The predicted octanol–water partition coefficient (Wildman–Crippen LogP) is 2.77. The fraction of sp³-hybridized carbons (Fsp3) is 0.263. The molecule has 1 atom stereocenters. The quantitative estimate of drug-likeness (QED) is 0.589. The van der Waals surface area contributed by atoms with Crippen LogP contribution in [0.2, 0.25) is 0 Å². The standard InChI is InChI=1S/C19H21BrN2O3/c20-16-6-2-1-4-14(16)5-3-11-22-18(23)15-9-7-13(8-10-15)12-17(21)19(24)25/h1-2,4,6-10,17H,3,5,11-12,21H2,(H,22,23)(H,24,25)/t17-/m0/s1. The number of benzene rings is 2. The number of aliphatic carboxylic acids is 1. The number of nitrogens with two attached hydrogens (primary N) is 1. The molecule has 1 amide bonds. The molecule has 2 aromatic rings. The van der Waals surface area contributed by atoms with Crippen molar-refractivity contribution in [1.29, 1.82) is 0 Å². The fourth-order valence-electron chi connectivity index (χ4n) is 2.42. The summed E-state index contributed by atoms with van der Waals surface area (Å²) in [6.45, 7) is 0.589. The van der Waals surface area contributed by atoms with Gasteiger partial charge in [-0.25, -0.2) is 0 Å². The summed E-state index contributed by atoms with van der Waals surface area (Å²) >= 11 is 3.51. The Balaban J connectivity index is 1.79. The van der Waals surface area contributed by atoms with Crippen LogP contribution in [0.4, 0.5) is 0 Å². The van der Waals surface area contributed by atoms with E-state index < -0.39 is 12.0 Å². The highest BCUT2D eigenvalue weighted by Gasteiger charge is 2.12. The molecule has 4 N–H and O–H groups in total. The number of rotatable bonds is 8. The minimum absolute atomic E-state index is 0.138. The minimum Gasteiger partial charge on any atom is -0.480 e. The fourth-order valence-corrected chi connectivity index (χ4v) is 2.90. The third-order valence-electron chi connectivity index (χ3n) is 3.86. The third kappa shape index (κ3) is 5.99. The summed E-state index contributed by atoms with van der Waals surface area (Å²) in [7, 11) is 0. The zero-order valence-corrected chi connectivity index (χ0v) is 15.3. The maximum Gasteiger partial charge on any atom is 0.320 e. The van der Waals surface area contributed by atoms with E-state index in [-0.39, 0.29) is 12.3 Å². The van der Waals surface area contributed by atoms with Crippen LogP contribution in [0.3, 0.4) is 0 Å². The average molecular weight is 405 g/mol. The van der Waals surface area contributed by atoms with E-state index >= 15 is 0 Å². The molecule has 6 heteroatoms. The lowest BCUT2D eigenvalue weighted by Crippen LogP contribution is -2.32. The Bertz CT molecular complexity index is 732. The highest BCUT2D eigenvalue weighted by atomic mass is 79.9. The van der Waals surface area contributed by atoms with Gasteiger partial charge in [-0.05, 0) is 48.6 Å². The molecular weight excluding hydrogens is 384 g/mol. The van der Waals surface area contributed by atoms with Crippen molar-refractivity contribution in [3.63, 3.8) is 0 Å². The van der Waals surface area contributed by atoms with E-state index in [4.69, 9.17) is 10.8 Å². The molecule has 5 nitrogen and oxygen atoms in total. The van der Waals surface area contributed by atoms with Gasteiger partial charge in [0.1, 0.15) is 6.04 Å². The Morgan fingerprint density at radius 3 is 2.44 bits per heavy atom. The van der Waals surface area contributed by atoms with Gasteiger partial charge in [-0.2, -0.15) is 0 Å². The number of amides is 1. The Morgan fingerprint density at radius 2 is 1.80 bits per heavy atom. The van der Waals surface area contributed by atoms with Crippen LogP contribution in [0.15, 0.2) is 53.0 Å². The number of hydrogen-bond acceptors (Lipinski definition) is 3. The summed E-state index contributed by atoms with van der Waals surface area (Å²) in [5, 5.41) is 11.7. The van der Waals surface area contributed by atoms with E-state index in [2.05, 4.69) is 27.3 Å². The van der Waals surface area contributed by atoms with E-state index in [9.17, 15) is 9.59 Å². The molecule has 0 aliphatic heterocycles. The summed E-state index contributed by atoms with van der Waals surface area (Å²) in [5.74, 6) is -1.17. The summed E-state index contributed by atoms with van der Waals surface area (Å²) in [6.07, 6.45) is 1.97. The van der Waals surface area contributed by atoms with Gasteiger partial charge >= 0.3 is 5.97 Å². The average Bonchev–Trinajstić information content (AvgIpc) is 2.60. The Labute approximate surface area is 155 Å². The molecule has 0 bridgehead atoms. The molecule has 0 spiro atoms. The molecule has 2 aromatic carbocycles. The first-order chi connectivity index (χ1) is 12.0. The molecule has 0 aliphatic carbocycles. The van der Waals surface area contributed by atoms with E-state index in [1.807, 2.05) is 18.2 Å². The second-order valence-electron chi connectivity index (χ2n) is 5.80. The van der Waals surface area contributed by atoms with Crippen LogP contribution < -0.4 is 11.1 Å². The summed E-state index contributed by atoms with van der Waals surface area (Å²) in [4.78, 5) is 22.9. The van der Waals surface area contributed by atoms with E-state index in [0.717, 1.165) is 22.9 Å². The van der Waals surface area contributed by atoms with Crippen LogP contribution in [0, 0.1) is 0 Å². The van der Waals surface area contributed by atoms with Crippen molar-refractivity contribution in [2.45, 2.75) is 25.3 Å². The van der Waals surface area contributed by atoms with E-state index in [0.29, 0.717) is 12.1 Å². The SMILES string of the molecule is N[C@@H](Cc1ccc(C(=O)NCCCc2ccccc2Br)cc1)C(=O)O. The smallest absolute Gasteiger partial charge is 0.320 e. The highest BCUT2D eigenvalue weighted by molar-refractivity contribution is 9.10. The Hall–Kier alpha value is -2.18. The number of carbonyl (C=O) groups excluding carboxylic acids is 1. The number of nitrogens with one attached hydrogen (secondary N) is 1. The largest absolute Gasteiger partial charge is 0.480 e. The molecule has 132 valence electrons. The molecule has 0 heterocycles. The summed E-state index contributed by atoms with van der Waals surface area (Å²) in [6, 6.07) is 14.0. The second kappa shape index (κ2) is 9.34. The van der Waals surface area contributed by atoms with Crippen molar-refractivity contribution >= 4 is 27.8 Å². The molecular formula is C19H21BrN2O3. The van der Waals surface area contributed by atoms with Gasteiger partial charge in [-0.3, -0.25) is 9.59 Å². The summed E-state index contributed by atoms with van der Waals surface area (Å²) in [5.41, 5.74) is 8.06. The molecule has 2 rings (SSSR count). The van der Waals surface area contributed by atoms with E-state index in [1.54, 1.807) is 24.3 Å². The number of carboxylic acid groups (broad SMARTS) is 1. The molecule has 0 fully saturated rings. The van der Waals surface area contributed by atoms with Gasteiger partial charge in [-0.15, -0.1) is 0 Å². The molecule has 0 saturated carbocycles. The number of halogens is 1. The van der Waals surface area contributed by atoms with Gasteiger partial charge in [0, 0.05) is 16.6 Å². The van der Waals surface area contributed by atoms with Gasteiger partial charge in [0.2, 0.25) is 0 Å². The first kappa shape index (κ1) is 19.1. The lowest BCUT2D eigenvalue weighted by Gasteiger charge is -2.09.